The predicted molar refractivity (Wildman–Crippen MR) is 171 cm³/mol. The molecule has 6 nitrogen and oxygen atoms in total. The molecule has 2 saturated carbocycles. The molecule has 2 fully saturated rings. The van der Waals surface area contributed by atoms with Crippen LogP contribution in [0.4, 0.5) is 0 Å². The van der Waals surface area contributed by atoms with Crippen molar-refractivity contribution >= 4 is 5.97 Å². The summed E-state index contributed by atoms with van der Waals surface area (Å²) in [6.07, 6.45) is 12.7. The van der Waals surface area contributed by atoms with Gasteiger partial charge in [-0.3, -0.25) is 4.79 Å². The Morgan fingerprint density at radius 2 is 1.58 bits per heavy atom. The van der Waals surface area contributed by atoms with Crippen LogP contribution in [0.5, 0.6) is 5.75 Å². The van der Waals surface area contributed by atoms with Gasteiger partial charge in [-0.05, 0) is 118 Å². The van der Waals surface area contributed by atoms with Crippen LogP contribution in [0.1, 0.15) is 101 Å². The molecule has 0 aliphatic heterocycles. The van der Waals surface area contributed by atoms with Crippen LogP contribution in [0.2, 0.25) is 0 Å². The monoisotopic (exact) mass is 590 g/mol. The van der Waals surface area contributed by atoms with Gasteiger partial charge in [-0.1, -0.05) is 49.1 Å². The summed E-state index contributed by atoms with van der Waals surface area (Å²) >= 11 is 0. The fourth-order valence-electron chi connectivity index (χ4n) is 6.00. The number of hydrogen-bond acceptors (Lipinski definition) is 6. The van der Waals surface area contributed by atoms with Gasteiger partial charge in [0.1, 0.15) is 17.6 Å². The Labute approximate surface area is 258 Å². The zero-order valence-corrected chi connectivity index (χ0v) is 26.2. The quantitative estimate of drug-likeness (QED) is 0.0369. The Bertz CT molecular complexity index is 1170. The third-order valence-electron chi connectivity index (χ3n) is 8.69. The molecule has 0 unspecified atom stereocenters. The Kier molecular flexibility index (Phi) is 13.3. The average molecular weight is 591 g/mol. The molecule has 0 spiro atoms. The highest BCUT2D eigenvalue weighted by Gasteiger charge is 2.23. The van der Waals surface area contributed by atoms with Crippen LogP contribution >= 0.6 is 0 Å². The lowest BCUT2D eigenvalue weighted by Gasteiger charge is -2.29. The molecule has 4 rings (SSSR count). The van der Waals surface area contributed by atoms with Crippen molar-refractivity contribution in [1.82, 2.24) is 0 Å². The van der Waals surface area contributed by atoms with E-state index in [0.717, 1.165) is 70.1 Å². The number of methoxy groups -OCH3 is 1. The van der Waals surface area contributed by atoms with Gasteiger partial charge in [-0.25, -0.2) is 0 Å². The largest absolute Gasteiger partial charge is 0.427 e. The van der Waals surface area contributed by atoms with Crippen LogP contribution in [0.25, 0.3) is 11.1 Å². The second-order valence-corrected chi connectivity index (χ2v) is 12.1. The summed E-state index contributed by atoms with van der Waals surface area (Å²) in [7, 11) is 1.76. The Morgan fingerprint density at radius 3 is 2.28 bits per heavy atom. The van der Waals surface area contributed by atoms with Crippen LogP contribution in [-0.4, -0.2) is 38.5 Å². The van der Waals surface area contributed by atoms with Gasteiger partial charge in [0.15, 0.2) is 0 Å². The standard InChI is InChI=1S/C37H50O6/c1-27-8-16-35(17-9-27)43-42-29(3)10-23-37(38)41-34-20-13-31(14-21-34)36-22-15-32(26-28(36)2)30-11-18-33(19-12-30)40-25-7-5-6-24-39-4/h13-15,20-22,26,30,33,35H,1,3,5-12,16-19,23-25H2,2,4H3. The molecule has 2 aliphatic rings. The number of carbonyl (C=O) groups is 1. The van der Waals surface area contributed by atoms with Crippen molar-refractivity contribution in [2.75, 3.05) is 20.3 Å². The first-order chi connectivity index (χ1) is 20.9. The number of carbonyl (C=O) groups excluding carboxylic acids is 1. The van der Waals surface area contributed by atoms with Crippen molar-refractivity contribution in [3.05, 3.63) is 78.1 Å². The minimum Gasteiger partial charge on any atom is -0.427 e. The zero-order chi connectivity index (χ0) is 30.4. The third-order valence-corrected chi connectivity index (χ3v) is 8.69. The molecule has 2 aliphatic carbocycles. The molecule has 0 N–H and O–H groups in total. The van der Waals surface area contributed by atoms with Crippen LogP contribution in [0, 0.1) is 6.92 Å². The molecule has 2 aromatic carbocycles. The predicted octanol–water partition coefficient (Wildman–Crippen LogP) is 9.17. The van der Waals surface area contributed by atoms with E-state index >= 15 is 0 Å². The SMILES string of the molecule is C=C1CCC(OOC(=C)CCC(=O)Oc2ccc(-c3ccc(C4CCC(OCCCCCOC)CC4)cc3C)cc2)CC1. The Hall–Kier alpha value is -2.93. The van der Waals surface area contributed by atoms with E-state index in [2.05, 4.69) is 38.3 Å². The van der Waals surface area contributed by atoms with E-state index in [1.54, 1.807) is 7.11 Å². The summed E-state index contributed by atoms with van der Waals surface area (Å²) in [5.41, 5.74) is 6.25. The summed E-state index contributed by atoms with van der Waals surface area (Å²) in [6.45, 7) is 11.8. The molecule has 0 radical (unpaired) electrons. The maximum Gasteiger partial charge on any atom is 0.311 e. The second-order valence-electron chi connectivity index (χ2n) is 12.1. The van der Waals surface area contributed by atoms with Gasteiger partial charge < -0.3 is 19.1 Å². The highest BCUT2D eigenvalue weighted by molar-refractivity contribution is 5.73. The first kappa shape index (κ1) is 33.0. The van der Waals surface area contributed by atoms with Gasteiger partial charge in [0.25, 0.3) is 0 Å². The van der Waals surface area contributed by atoms with Gasteiger partial charge in [-0.15, -0.1) is 0 Å². The topological polar surface area (TPSA) is 63.2 Å². The third kappa shape index (κ3) is 10.9. The molecule has 0 saturated heterocycles. The van der Waals surface area contributed by atoms with E-state index in [1.165, 1.54) is 41.5 Å². The highest BCUT2D eigenvalue weighted by atomic mass is 17.2. The lowest BCUT2D eigenvalue weighted by molar-refractivity contribution is -0.299. The molecule has 234 valence electrons. The van der Waals surface area contributed by atoms with Crippen LogP contribution in [-0.2, 0) is 24.0 Å². The molecule has 0 bridgehead atoms. The number of unbranched alkanes of at least 4 members (excludes halogenated alkanes) is 2. The van der Waals surface area contributed by atoms with Gasteiger partial charge in [0, 0.05) is 26.7 Å². The Balaban J connectivity index is 1.17. The normalized spacial score (nSPS) is 19.3. The number of aryl methyl sites for hydroxylation is 1. The first-order valence-electron chi connectivity index (χ1n) is 16.1. The van der Waals surface area contributed by atoms with Crippen molar-refractivity contribution in [3.63, 3.8) is 0 Å². The van der Waals surface area contributed by atoms with Crippen molar-refractivity contribution in [3.8, 4) is 16.9 Å². The van der Waals surface area contributed by atoms with Gasteiger partial charge >= 0.3 is 5.97 Å². The minimum atomic E-state index is -0.325. The van der Waals surface area contributed by atoms with E-state index < -0.39 is 0 Å². The van der Waals surface area contributed by atoms with Crippen LogP contribution in [0.3, 0.4) is 0 Å². The zero-order valence-electron chi connectivity index (χ0n) is 26.2. The second kappa shape index (κ2) is 17.4. The number of allylic oxidation sites excluding steroid dienone is 2. The molecular weight excluding hydrogens is 540 g/mol. The Morgan fingerprint density at radius 1 is 0.860 bits per heavy atom. The lowest BCUT2D eigenvalue weighted by atomic mass is 9.81. The number of esters is 1. The van der Waals surface area contributed by atoms with Crippen molar-refractivity contribution in [2.45, 2.75) is 109 Å². The van der Waals surface area contributed by atoms with Gasteiger partial charge in [0.2, 0.25) is 0 Å². The summed E-state index contributed by atoms with van der Waals surface area (Å²) in [6, 6.07) is 14.6. The number of ether oxygens (including phenoxy) is 3. The van der Waals surface area contributed by atoms with Gasteiger partial charge in [0.05, 0.1) is 12.5 Å². The van der Waals surface area contributed by atoms with E-state index in [-0.39, 0.29) is 18.5 Å². The molecule has 0 heterocycles. The minimum absolute atomic E-state index is 0.0549. The lowest BCUT2D eigenvalue weighted by Crippen LogP contribution is -2.21. The smallest absolute Gasteiger partial charge is 0.311 e. The number of rotatable bonds is 16. The fraction of sp³-hybridized carbons (Fsp3) is 0.541. The molecule has 0 aromatic heterocycles. The van der Waals surface area contributed by atoms with Crippen LogP contribution in [0.15, 0.2) is 67.0 Å². The molecule has 0 atom stereocenters. The van der Waals surface area contributed by atoms with Crippen molar-refractivity contribution in [1.29, 1.82) is 0 Å². The highest BCUT2D eigenvalue weighted by Crippen LogP contribution is 2.36. The molecule has 0 amide bonds. The van der Waals surface area contributed by atoms with Crippen molar-refractivity contribution in [2.24, 2.45) is 0 Å². The fourth-order valence-corrected chi connectivity index (χ4v) is 6.00. The number of benzene rings is 2. The summed E-state index contributed by atoms with van der Waals surface area (Å²) in [5.74, 6) is 1.23. The maximum absolute atomic E-state index is 12.4. The van der Waals surface area contributed by atoms with Crippen molar-refractivity contribution < 1.29 is 28.8 Å². The van der Waals surface area contributed by atoms with Gasteiger partial charge in [-0.2, -0.15) is 4.89 Å². The summed E-state index contributed by atoms with van der Waals surface area (Å²) in [5, 5.41) is 0. The number of hydrogen-bond donors (Lipinski definition) is 0. The van der Waals surface area contributed by atoms with E-state index in [1.807, 2.05) is 24.3 Å². The summed E-state index contributed by atoms with van der Waals surface area (Å²) in [4.78, 5) is 23.2. The van der Waals surface area contributed by atoms with E-state index in [9.17, 15) is 4.79 Å². The molecule has 2 aromatic rings. The van der Waals surface area contributed by atoms with Crippen LogP contribution < -0.4 is 4.74 Å². The summed E-state index contributed by atoms with van der Waals surface area (Å²) < 4.78 is 16.8. The van der Waals surface area contributed by atoms with E-state index in [0.29, 0.717) is 30.0 Å². The van der Waals surface area contributed by atoms with E-state index in [4.69, 9.17) is 24.0 Å². The molecule has 43 heavy (non-hydrogen) atoms. The average Bonchev–Trinajstić information content (AvgIpc) is 3.02. The molecular formula is C37H50O6. The first-order valence-corrected chi connectivity index (χ1v) is 16.1. The maximum atomic E-state index is 12.4. The molecule has 6 heteroatoms.